The zero-order valence-electron chi connectivity index (χ0n) is 83.7. The molecule has 12 heterocycles. The summed E-state index contributed by atoms with van der Waals surface area (Å²) in [6, 6.07) is 63.6. The smallest absolute Gasteiger partial charge is 0.326 e. The SMILES string of the molecule is CC(=O)CC1CCN(c2ccc(-c3ccc4c(c3)OC(C)CN4C(=O)Nc3ccc(Cl)cc3F)cn2)C1.CC(=O)CC1CCN(c2ccc(-c3ccc4c(c3)OC(C)CN4C(=O)Nc3ccccc3)cn2)C1.CCc1ccccc1NC(=O)N1CC(C)Oc2cc(-c3ccc(N4CCC(CC(C)=O)C4)nc3)ccc21.COC(=O)CC1CCN(c2ccc(-c3ccc4c(c3)OC(C)CN4C(=O)Nc3ccc(Cl)cc3F)cn2)C1. The summed E-state index contributed by atoms with van der Waals surface area (Å²) in [4.78, 5) is 132. The van der Waals surface area contributed by atoms with E-state index in [1.165, 1.54) is 31.4 Å². The van der Waals surface area contributed by atoms with E-state index in [-0.39, 0.29) is 87.1 Å². The number of ether oxygens (including phenoxy) is 5. The number of hydrogen-bond acceptors (Lipinski definition) is 21. The summed E-state index contributed by atoms with van der Waals surface area (Å²) in [5.41, 5.74) is 13.1. The number of hydrogen-bond donors (Lipinski definition) is 4. The van der Waals surface area contributed by atoms with Crippen LogP contribution in [-0.4, -0.2) is 177 Å². The lowest BCUT2D eigenvalue weighted by atomic mass is 10.0. The Kier molecular flexibility index (Phi) is 32.9. The van der Waals surface area contributed by atoms with Crippen LogP contribution in [0.25, 0.3) is 44.5 Å². The molecule has 4 saturated heterocycles. The second-order valence-corrected chi connectivity index (χ2v) is 39.6. The lowest BCUT2D eigenvalue weighted by Gasteiger charge is -2.34. The molecule has 0 radical (unpaired) electrons. The minimum atomic E-state index is -0.605. The molecule has 0 aliphatic carbocycles. The Hall–Kier alpha value is -15.2. The van der Waals surface area contributed by atoms with Crippen molar-refractivity contribution in [3.63, 3.8) is 0 Å². The Balaban J connectivity index is 0.000000134. The van der Waals surface area contributed by atoms with Crippen LogP contribution in [0.3, 0.4) is 0 Å². The number of methoxy groups -OCH3 is 1. The van der Waals surface area contributed by atoms with Crippen LogP contribution in [0.5, 0.6) is 23.0 Å². The summed E-state index contributed by atoms with van der Waals surface area (Å²) < 4.78 is 57.6. The number of Topliss-reactive ketones (excluding diaryl/α,β-unsaturated/α-hetero) is 3. The molecule has 8 unspecified atom stereocenters. The highest BCUT2D eigenvalue weighted by Gasteiger charge is 2.37. The number of amides is 8. The van der Waals surface area contributed by atoms with Gasteiger partial charge in [-0.05, 0) is 284 Å². The van der Waals surface area contributed by atoms with Crippen LogP contribution in [0, 0.1) is 35.3 Å². The fraction of sp³-hybridized carbons (Fsp3) is 0.333. The third-order valence-electron chi connectivity index (χ3n) is 27.2. The van der Waals surface area contributed by atoms with E-state index in [2.05, 4.69) is 69.9 Å². The Labute approximate surface area is 864 Å². The molecule has 29 nitrogen and oxygen atoms in total. The van der Waals surface area contributed by atoms with Gasteiger partial charge in [0, 0.05) is 140 Å². The first-order valence-corrected chi connectivity index (χ1v) is 50.7. The summed E-state index contributed by atoms with van der Waals surface area (Å²) in [5, 5.41) is 11.8. The van der Waals surface area contributed by atoms with Crippen molar-refractivity contribution in [2.75, 3.05) is 146 Å². The number of para-hydroxylation sites is 2. The number of aromatic nitrogens is 4. The number of rotatable bonds is 21. The first kappa shape index (κ1) is 103. The first-order chi connectivity index (χ1) is 70.9. The normalized spacial score (nSPS) is 18.8. The number of ketones is 3. The number of carbonyl (C=O) groups excluding carboxylic acids is 8. The number of esters is 1. The van der Waals surface area contributed by atoms with Crippen molar-refractivity contribution in [3.8, 4) is 67.5 Å². The Bertz CT molecular complexity index is 6800. The van der Waals surface area contributed by atoms with Crippen LogP contribution < -0.4 is 79.4 Å². The molecule has 4 fully saturated rings. The van der Waals surface area contributed by atoms with Gasteiger partial charge in [0.05, 0.1) is 73.8 Å². The van der Waals surface area contributed by atoms with Crippen molar-refractivity contribution in [2.45, 2.75) is 138 Å². The Morgan fingerprint density at radius 1 is 0.347 bits per heavy atom. The molecule has 0 bridgehead atoms. The molecule has 8 aliphatic rings. The first-order valence-electron chi connectivity index (χ1n) is 49.9. The van der Waals surface area contributed by atoms with Crippen molar-refractivity contribution in [3.05, 3.63) is 264 Å². The van der Waals surface area contributed by atoms with Crippen LogP contribution >= 0.6 is 23.2 Å². The maximum Gasteiger partial charge on any atom is 0.326 e. The van der Waals surface area contributed by atoms with E-state index in [9.17, 15) is 47.1 Å². The number of nitrogens with one attached hydrogen (secondary N) is 4. The minimum absolute atomic E-state index is 0.0532. The van der Waals surface area contributed by atoms with E-state index >= 15 is 0 Å². The van der Waals surface area contributed by atoms with Gasteiger partial charge in [0.2, 0.25) is 0 Å². The van der Waals surface area contributed by atoms with Gasteiger partial charge in [-0.1, -0.05) is 90.8 Å². The highest BCUT2D eigenvalue weighted by molar-refractivity contribution is 6.31. The lowest BCUT2D eigenvalue weighted by Crippen LogP contribution is -2.44. The molecule has 4 aromatic heterocycles. The number of benzene rings is 8. The van der Waals surface area contributed by atoms with Gasteiger partial charge in [-0.25, -0.2) is 47.9 Å². The molecule has 0 saturated carbocycles. The Morgan fingerprint density at radius 2 is 0.639 bits per heavy atom. The van der Waals surface area contributed by atoms with Gasteiger partial charge < -0.3 is 78.9 Å². The lowest BCUT2D eigenvalue weighted by molar-refractivity contribution is -0.141. The second kappa shape index (κ2) is 46.9. The van der Waals surface area contributed by atoms with E-state index in [1.807, 2.05) is 216 Å². The predicted molar refractivity (Wildman–Crippen MR) is 573 cm³/mol. The van der Waals surface area contributed by atoms with Gasteiger partial charge in [0.15, 0.2) is 0 Å². The van der Waals surface area contributed by atoms with Gasteiger partial charge in [-0.15, -0.1) is 0 Å². The minimum Gasteiger partial charge on any atom is -0.487 e. The molecule has 8 atom stereocenters. The second-order valence-electron chi connectivity index (χ2n) is 38.8. The quantitative estimate of drug-likeness (QED) is 0.0486. The van der Waals surface area contributed by atoms with Gasteiger partial charge >= 0.3 is 30.1 Å². The van der Waals surface area contributed by atoms with E-state index < -0.39 is 23.7 Å². The highest BCUT2D eigenvalue weighted by atomic mass is 35.5. The third-order valence-corrected chi connectivity index (χ3v) is 27.7. The van der Waals surface area contributed by atoms with Crippen LogP contribution in [0.1, 0.15) is 112 Å². The molecule has 33 heteroatoms. The topological polar surface area (TPSA) is 308 Å². The molecule has 147 heavy (non-hydrogen) atoms. The van der Waals surface area contributed by atoms with Gasteiger partial charge in [0.25, 0.3) is 0 Å². The molecule has 12 aromatic rings. The monoisotopic (exact) mass is 2030 g/mol. The number of fused-ring (bicyclic) bond motifs is 4. The van der Waals surface area contributed by atoms with Gasteiger partial charge in [-0.2, -0.15) is 0 Å². The fourth-order valence-electron chi connectivity index (χ4n) is 20.0. The standard InChI is InChI=1S/C30H34N4O3.C28H28ClFN4O4.C28H28ClFN4O3.C28H30N4O3/c1-4-23-7-5-6-8-26(23)32-30(36)34-18-21(3)37-28-16-24(9-11-27(28)34)25-10-12-29(31-17-25)33-14-13-22(19-33)15-20(2)35;1-17-15-34(28(36)32-23-6-5-21(29)13-22(23)30)24-7-3-19(12-25(24)38-17)20-4-8-26(31-14-20)33-10-9-18(16-33)11-27(35)37-2;1-17(35)11-19-9-10-33(16-19)27-8-4-21(14-31-27)20-3-7-25-26(12-20)37-18(2)15-34(25)28(36)32-24-6-5-22(29)13-23(24)30;1-19(33)14-21-12-13-31(18-21)27-11-9-23(16-29-27)22-8-10-25-26(15-22)35-20(2)17-32(25)28(34)30-24-6-4-3-5-7-24/h5-12,16-17,21-22H,4,13-15,18-19H2,1-3H3,(H,32,36);3-8,12-14,17-18H,9-11,15-16H2,1-2H3,(H,32,36);3-8,12-14,18-19H,9-11,15-16H2,1-2H3,(H,32,36);3-11,15-16,20-21H,12-14,17-18H2,1-2H3,(H,30,34). The van der Waals surface area contributed by atoms with Crippen LogP contribution in [0.15, 0.2) is 237 Å². The number of halogens is 4. The number of urea groups is 4. The van der Waals surface area contributed by atoms with Gasteiger partial charge in [0.1, 0.15) is 99.7 Å². The molecule has 0 spiro atoms. The summed E-state index contributed by atoms with van der Waals surface area (Å²) in [5.74, 6) is 6.94. The van der Waals surface area contributed by atoms with Crippen LogP contribution in [-0.2, 0) is 30.3 Å². The van der Waals surface area contributed by atoms with Crippen molar-refractivity contribution >= 4 is 139 Å². The van der Waals surface area contributed by atoms with Crippen LogP contribution in [0.4, 0.5) is 96.7 Å². The summed E-state index contributed by atoms with van der Waals surface area (Å²) in [7, 11) is 1.41. The summed E-state index contributed by atoms with van der Waals surface area (Å²) >= 11 is 11.6. The summed E-state index contributed by atoms with van der Waals surface area (Å²) in [6.45, 7) is 23.3. The summed E-state index contributed by atoms with van der Waals surface area (Å²) in [6.07, 6.45) is 13.8. The fourth-order valence-corrected chi connectivity index (χ4v) is 20.3. The number of aryl methyl sites for hydroxylation is 1. The number of carbonyl (C=O) groups is 8. The number of nitrogens with zero attached hydrogens (tertiary/aromatic N) is 12. The average molecular weight is 2030 g/mol. The van der Waals surface area contributed by atoms with E-state index in [1.54, 1.807) is 40.4 Å². The van der Waals surface area contributed by atoms with E-state index in [0.717, 1.165) is 193 Å². The Morgan fingerprint density at radius 3 is 0.932 bits per heavy atom. The molecule has 8 amide bonds. The number of anilines is 12. The maximum atomic E-state index is 14.2. The molecule has 20 rings (SSSR count). The average Bonchev–Trinajstić information content (AvgIpc) is 1.28. The molecule has 4 N–H and O–H groups in total. The predicted octanol–water partition coefficient (Wildman–Crippen LogP) is 23.2. The van der Waals surface area contributed by atoms with E-state index in [4.69, 9.17) is 56.9 Å². The van der Waals surface area contributed by atoms with Crippen molar-refractivity contribution in [2.24, 2.45) is 23.7 Å². The zero-order chi connectivity index (χ0) is 103. The van der Waals surface area contributed by atoms with Crippen LogP contribution in [0.2, 0.25) is 10.0 Å². The molecule has 762 valence electrons. The molecule has 8 aliphatic heterocycles. The zero-order valence-corrected chi connectivity index (χ0v) is 85.2. The molecular weight excluding hydrogens is 1910 g/mol. The largest absolute Gasteiger partial charge is 0.487 e. The molecular formula is C114H120Cl2F2N16O13. The number of pyridine rings is 4. The van der Waals surface area contributed by atoms with Crippen molar-refractivity contribution < 1.29 is 70.8 Å². The third kappa shape index (κ3) is 25.8. The van der Waals surface area contributed by atoms with Gasteiger partial charge in [-0.3, -0.25) is 24.4 Å². The van der Waals surface area contributed by atoms with Crippen molar-refractivity contribution in [1.29, 1.82) is 0 Å². The molecule has 8 aromatic carbocycles. The maximum absolute atomic E-state index is 14.2. The van der Waals surface area contributed by atoms with E-state index in [0.29, 0.717) is 104 Å². The van der Waals surface area contributed by atoms with Crippen molar-refractivity contribution in [1.82, 2.24) is 19.9 Å². The highest BCUT2D eigenvalue weighted by Crippen LogP contribution is 2.45.